The Bertz CT molecular complexity index is 747. The molecule has 0 aromatic heterocycles. The fourth-order valence-corrected chi connectivity index (χ4v) is 3.25. The van der Waals surface area contributed by atoms with Crippen molar-refractivity contribution in [1.82, 2.24) is 4.72 Å². The molecule has 0 radical (unpaired) electrons. The number of sulfonamides is 1. The lowest BCUT2D eigenvalue weighted by Crippen LogP contribution is -2.26. The van der Waals surface area contributed by atoms with E-state index in [0.717, 1.165) is 10.0 Å². The van der Waals surface area contributed by atoms with Crippen LogP contribution in [0.25, 0.3) is 0 Å². The Morgan fingerprint density at radius 3 is 2.57 bits per heavy atom. The number of rotatable bonds is 5. The predicted molar refractivity (Wildman–Crippen MR) is 84.2 cm³/mol. The Morgan fingerprint density at radius 2 is 1.90 bits per heavy atom. The summed E-state index contributed by atoms with van der Waals surface area (Å²) < 4.78 is 41.1. The average molecular weight is 372 g/mol. The van der Waals surface area contributed by atoms with Crippen molar-refractivity contribution in [2.45, 2.75) is 18.2 Å². The Balaban J connectivity index is 2.05. The first kappa shape index (κ1) is 16.1. The number of nitrogens with one attached hydrogen (secondary N) is 1. The van der Waals surface area contributed by atoms with Gasteiger partial charge in [0.15, 0.2) is 0 Å². The number of halogens is 2. The standard InChI is InChI=1S/C15H15BrFNO2S/c1-11-10-13(6-7-14(11)16)21(19,20)18-9-8-12-4-2-3-5-15(12)17/h2-7,10,18H,8-9H2,1H3. The highest BCUT2D eigenvalue weighted by molar-refractivity contribution is 9.10. The molecule has 0 aliphatic carbocycles. The summed E-state index contributed by atoms with van der Waals surface area (Å²) >= 11 is 3.33. The van der Waals surface area contributed by atoms with Crippen molar-refractivity contribution < 1.29 is 12.8 Å². The van der Waals surface area contributed by atoms with Gasteiger partial charge in [-0.2, -0.15) is 0 Å². The zero-order valence-electron chi connectivity index (χ0n) is 11.4. The molecule has 0 atom stereocenters. The molecule has 112 valence electrons. The molecule has 0 aliphatic rings. The first-order valence-electron chi connectivity index (χ1n) is 6.39. The van der Waals surface area contributed by atoms with Crippen LogP contribution in [-0.2, 0) is 16.4 Å². The number of hydrogen-bond donors (Lipinski definition) is 1. The highest BCUT2D eigenvalue weighted by Crippen LogP contribution is 2.19. The van der Waals surface area contributed by atoms with E-state index in [4.69, 9.17) is 0 Å². The average Bonchev–Trinajstić information content (AvgIpc) is 2.44. The van der Waals surface area contributed by atoms with Gasteiger partial charge in [0.25, 0.3) is 0 Å². The van der Waals surface area contributed by atoms with Gasteiger partial charge in [0, 0.05) is 11.0 Å². The summed E-state index contributed by atoms with van der Waals surface area (Å²) in [6, 6.07) is 11.2. The van der Waals surface area contributed by atoms with E-state index in [1.54, 1.807) is 30.3 Å². The van der Waals surface area contributed by atoms with E-state index in [2.05, 4.69) is 20.7 Å². The molecule has 2 rings (SSSR count). The minimum atomic E-state index is -3.58. The van der Waals surface area contributed by atoms with Crippen molar-refractivity contribution in [3.8, 4) is 0 Å². The van der Waals surface area contributed by atoms with Gasteiger partial charge >= 0.3 is 0 Å². The fraction of sp³-hybridized carbons (Fsp3) is 0.200. The normalized spacial score (nSPS) is 11.6. The third kappa shape index (κ3) is 4.12. The van der Waals surface area contributed by atoms with Crippen LogP contribution in [0.15, 0.2) is 51.8 Å². The molecule has 0 aliphatic heterocycles. The van der Waals surface area contributed by atoms with Gasteiger partial charge in [-0.15, -0.1) is 0 Å². The molecule has 1 N–H and O–H groups in total. The molecular weight excluding hydrogens is 357 g/mol. The van der Waals surface area contributed by atoms with E-state index < -0.39 is 10.0 Å². The second kappa shape index (κ2) is 6.68. The largest absolute Gasteiger partial charge is 0.240 e. The van der Waals surface area contributed by atoms with E-state index in [-0.39, 0.29) is 17.3 Å². The quantitative estimate of drug-likeness (QED) is 0.874. The van der Waals surface area contributed by atoms with Crippen molar-refractivity contribution in [3.05, 3.63) is 63.9 Å². The van der Waals surface area contributed by atoms with Crippen LogP contribution in [0.3, 0.4) is 0 Å². The first-order valence-corrected chi connectivity index (χ1v) is 8.67. The van der Waals surface area contributed by atoms with Gasteiger partial charge in [-0.1, -0.05) is 34.1 Å². The van der Waals surface area contributed by atoms with Crippen LogP contribution in [-0.4, -0.2) is 15.0 Å². The van der Waals surface area contributed by atoms with Crippen molar-refractivity contribution >= 4 is 26.0 Å². The molecule has 6 heteroatoms. The topological polar surface area (TPSA) is 46.2 Å². The zero-order chi connectivity index (χ0) is 15.5. The molecule has 0 saturated heterocycles. The molecule has 0 amide bonds. The van der Waals surface area contributed by atoms with Gasteiger partial charge in [0.2, 0.25) is 10.0 Å². The van der Waals surface area contributed by atoms with E-state index in [1.165, 1.54) is 12.1 Å². The smallest absolute Gasteiger partial charge is 0.211 e. The van der Waals surface area contributed by atoms with Gasteiger partial charge in [-0.05, 0) is 48.7 Å². The highest BCUT2D eigenvalue weighted by Gasteiger charge is 2.14. The lowest BCUT2D eigenvalue weighted by Gasteiger charge is -2.08. The Hall–Kier alpha value is -1.24. The summed E-state index contributed by atoms with van der Waals surface area (Å²) in [5, 5.41) is 0. The van der Waals surface area contributed by atoms with Crippen molar-refractivity contribution in [2.24, 2.45) is 0 Å². The molecule has 0 bridgehead atoms. The van der Waals surface area contributed by atoms with Gasteiger partial charge in [0.1, 0.15) is 5.82 Å². The molecule has 2 aromatic rings. The maximum absolute atomic E-state index is 13.4. The lowest BCUT2D eigenvalue weighted by atomic mass is 10.1. The van der Waals surface area contributed by atoms with Crippen molar-refractivity contribution in [1.29, 1.82) is 0 Å². The Morgan fingerprint density at radius 1 is 1.19 bits per heavy atom. The summed E-state index contributed by atoms with van der Waals surface area (Å²) in [5.74, 6) is -0.323. The second-order valence-corrected chi connectivity index (χ2v) is 7.27. The van der Waals surface area contributed by atoms with E-state index >= 15 is 0 Å². The van der Waals surface area contributed by atoms with E-state index in [0.29, 0.717) is 12.0 Å². The zero-order valence-corrected chi connectivity index (χ0v) is 13.8. The van der Waals surface area contributed by atoms with Crippen molar-refractivity contribution in [2.75, 3.05) is 6.54 Å². The van der Waals surface area contributed by atoms with E-state index in [1.807, 2.05) is 6.92 Å². The van der Waals surface area contributed by atoms with E-state index in [9.17, 15) is 12.8 Å². The van der Waals surface area contributed by atoms with Crippen LogP contribution >= 0.6 is 15.9 Å². The van der Waals surface area contributed by atoms with Crippen LogP contribution in [0.4, 0.5) is 4.39 Å². The molecule has 0 spiro atoms. The van der Waals surface area contributed by atoms with Gasteiger partial charge in [-0.3, -0.25) is 0 Å². The molecule has 0 unspecified atom stereocenters. The number of hydrogen-bond acceptors (Lipinski definition) is 2. The van der Waals surface area contributed by atoms with Crippen LogP contribution < -0.4 is 4.72 Å². The minimum Gasteiger partial charge on any atom is -0.211 e. The predicted octanol–water partition coefficient (Wildman–Crippen LogP) is 3.42. The third-order valence-electron chi connectivity index (χ3n) is 3.08. The summed E-state index contributed by atoms with van der Waals surface area (Å²) in [7, 11) is -3.58. The molecular formula is C15H15BrFNO2S. The Kier molecular flexibility index (Phi) is 5.13. The summed E-state index contributed by atoms with van der Waals surface area (Å²) in [5.41, 5.74) is 1.33. The third-order valence-corrected chi connectivity index (χ3v) is 5.43. The van der Waals surface area contributed by atoms with Crippen molar-refractivity contribution in [3.63, 3.8) is 0 Å². The van der Waals surface area contributed by atoms with Crippen LogP contribution in [0.2, 0.25) is 0 Å². The summed E-state index contributed by atoms with van der Waals surface area (Å²) in [6.45, 7) is 1.97. The van der Waals surface area contributed by atoms with Gasteiger partial charge in [-0.25, -0.2) is 17.5 Å². The van der Waals surface area contributed by atoms with Crippen LogP contribution in [0.1, 0.15) is 11.1 Å². The molecule has 0 heterocycles. The van der Waals surface area contributed by atoms with Crippen LogP contribution in [0, 0.1) is 12.7 Å². The summed E-state index contributed by atoms with van der Waals surface area (Å²) in [6.07, 6.45) is 0.307. The van der Waals surface area contributed by atoms with Crippen LogP contribution in [0.5, 0.6) is 0 Å². The van der Waals surface area contributed by atoms with Gasteiger partial charge < -0.3 is 0 Å². The monoisotopic (exact) mass is 371 g/mol. The lowest BCUT2D eigenvalue weighted by molar-refractivity contribution is 0.577. The number of aryl methyl sites for hydroxylation is 1. The first-order chi connectivity index (χ1) is 9.90. The molecule has 21 heavy (non-hydrogen) atoms. The maximum Gasteiger partial charge on any atom is 0.240 e. The molecule has 0 fully saturated rings. The Labute approximate surface area is 132 Å². The minimum absolute atomic E-state index is 0.151. The molecule has 0 saturated carbocycles. The second-order valence-electron chi connectivity index (χ2n) is 4.65. The fourth-order valence-electron chi connectivity index (χ4n) is 1.89. The summed E-state index contributed by atoms with van der Waals surface area (Å²) in [4.78, 5) is 0.205. The number of benzene rings is 2. The molecule has 3 nitrogen and oxygen atoms in total. The highest BCUT2D eigenvalue weighted by atomic mass is 79.9. The van der Waals surface area contributed by atoms with Gasteiger partial charge in [0.05, 0.1) is 4.90 Å². The molecule has 2 aromatic carbocycles. The SMILES string of the molecule is Cc1cc(S(=O)(=O)NCCc2ccccc2F)ccc1Br. The maximum atomic E-state index is 13.4.